The Kier molecular flexibility index (Phi) is 5.92. The summed E-state index contributed by atoms with van der Waals surface area (Å²) in [5.74, 6) is 0.774. The maximum absolute atomic E-state index is 12.3. The molecule has 0 unspecified atom stereocenters. The van der Waals surface area contributed by atoms with Crippen LogP contribution >= 0.6 is 23.7 Å². The fourth-order valence-electron chi connectivity index (χ4n) is 2.66. The minimum Gasteiger partial charge on any atom is -0.345 e. The van der Waals surface area contributed by atoms with E-state index in [1.165, 1.54) is 11.3 Å². The van der Waals surface area contributed by atoms with Crippen molar-refractivity contribution < 1.29 is 4.79 Å². The van der Waals surface area contributed by atoms with E-state index in [0.29, 0.717) is 12.2 Å². The van der Waals surface area contributed by atoms with E-state index in [9.17, 15) is 4.79 Å². The SMILES string of the molecule is Cl.O=C(NCc1csc(-c2cnccn2)n1)c1cn2c(n1)CCNCC2. The van der Waals surface area contributed by atoms with Gasteiger partial charge >= 0.3 is 0 Å². The molecule has 0 saturated heterocycles. The van der Waals surface area contributed by atoms with Gasteiger partial charge in [-0.2, -0.15) is 0 Å². The number of halogens is 1. The minimum absolute atomic E-state index is 0. The molecule has 0 fully saturated rings. The van der Waals surface area contributed by atoms with E-state index < -0.39 is 0 Å². The summed E-state index contributed by atoms with van der Waals surface area (Å²) in [7, 11) is 0. The fourth-order valence-corrected chi connectivity index (χ4v) is 3.44. The Hall–Kier alpha value is -2.36. The first-order valence-corrected chi connectivity index (χ1v) is 8.93. The van der Waals surface area contributed by atoms with Crippen molar-refractivity contribution in [3.05, 3.63) is 47.4 Å². The maximum Gasteiger partial charge on any atom is 0.271 e. The number of nitrogens with zero attached hydrogens (tertiary/aromatic N) is 5. The van der Waals surface area contributed by atoms with E-state index in [1.807, 2.05) is 16.1 Å². The van der Waals surface area contributed by atoms with Gasteiger partial charge in [0.2, 0.25) is 0 Å². The first-order valence-electron chi connectivity index (χ1n) is 8.05. The molecule has 8 nitrogen and oxygen atoms in total. The summed E-state index contributed by atoms with van der Waals surface area (Å²) in [5, 5.41) is 8.90. The number of imidazole rings is 1. The van der Waals surface area contributed by atoms with Crippen LogP contribution in [0.25, 0.3) is 10.7 Å². The van der Waals surface area contributed by atoms with Crippen LogP contribution in [-0.4, -0.2) is 43.5 Å². The van der Waals surface area contributed by atoms with Gasteiger partial charge in [0.25, 0.3) is 5.91 Å². The van der Waals surface area contributed by atoms with Crippen molar-refractivity contribution in [1.82, 2.24) is 35.1 Å². The Labute approximate surface area is 160 Å². The van der Waals surface area contributed by atoms with Crippen molar-refractivity contribution in [3.8, 4) is 10.7 Å². The van der Waals surface area contributed by atoms with E-state index in [2.05, 4.69) is 30.6 Å². The number of thiazole rings is 1. The van der Waals surface area contributed by atoms with Gasteiger partial charge in [0.15, 0.2) is 0 Å². The van der Waals surface area contributed by atoms with Crippen LogP contribution in [0, 0.1) is 0 Å². The van der Waals surface area contributed by atoms with Crippen molar-refractivity contribution in [3.63, 3.8) is 0 Å². The highest BCUT2D eigenvalue weighted by atomic mass is 35.5. The van der Waals surface area contributed by atoms with Crippen molar-refractivity contribution in [1.29, 1.82) is 0 Å². The number of hydrogen-bond acceptors (Lipinski definition) is 7. The van der Waals surface area contributed by atoms with Crippen molar-refractivity contribution in [2.24, 2.45) is 0 Å². The van der Waals surface area contributed by atoms with Crippen molar-refractivity contribution in [2.45, 2.75) is 19.5 Å². The second-order valence-corrected chi connectivity index (χ2v) is 6.51. The molecule has 26 heavy (non-hydrogen) atoms. The lowest BCUT2D eigenvalue weighted by Gasteiger charge is -2.01. The van der Waals surface area contributed by atoms with Gasteiger partial charge in [0.05, 0.1) is 18.4 Å². The highest BCUT2D eigenvalue weighted by Crippen LogP contribution is 2.20. The molecule has 4 rings (SSSR count). The number of fused-ring (bicyclic) bond motifs is 1. The summed E-state index contributed by atoms with van der Waals surface area (Å²) < 4.78 is 2.05. The third-order valence-electron chi connectivity index (χ3n) is 3.91. The molecular weight excluding hydrogens is 374 g/mol. The largest absolute Gasteiger partial charge is 0.345 e. The molecule has 3 aromatic rings. The topological polar surface area (TPSA) is 97.6 Å². The summed E-state index contributed by atoms with van der Waals surface area (Å²) in [4.78, 5) is 29.6. The summed E-state index contributed by atoms with van der Waals surface area (Å²) in [6.45, 7) is 2.99. The molecular formula is C16H18ClN7OS. The second kappa shape index (κ2) is 8.35. The van der Waals surface area contributed by atoms with E-state index in [0.717, 1.165) is 48.3 Å². The van der Waals surface area contributed by atoms with E-state index in [4.69, 9.17) is 0 Å². The molecule has 0 radical (unpaired) electrons. The van der Waals surface area contributed by atoms with Gasteiger partial charge in [-0.15, -0.1) is 23.7 Å². The molecule has 4 heterocycles. The zero-order valence-corrected chi connectivity index (χ0v) is 15.5. The molecule has 0 atom stereocenters. The predicted molar refractivity (Wildman–Crippen MR) is 100 cm³/mol. The Morgan fingerprint density at radius 1 is 1.31 bits per heavy atom. The Balaban J connectivity index is 0.00000196. The van der Waals surface area contributed by atoms with Gasteiger partial charge in [-0.1, -0.05) is 0 Å². The summed E-state index contributed by atoms with van der Waals surface area (Å²) >= 11 is 1.48. The number of carbonyl (C=O) groups is 1. The van der Waals surface area contributed by atoms with Gasteiger partial charge < -0.3 is 15.2 Å². The van der Waals surface area contributed by atoms with Gasteiger partial charge in [0.1, 0.15) is 22.2 Å². The maximum atomic E-state index is 12.3. The number of nitrogens with one attached hydrogen (secondary N) is 2. The lowest BCUT2D eigenvalue weighted by Crippen LogP contribution is -2.23. The van der Waals surface area contributed by atoms with Gasteiger partial charge in [-0.25, -0.2) is 9.97 Å². The molecule has 2 N–H and O–H groups in total. The third-order valence-corrected chi connectivity index (χ3v) is 4.82. The van der Waals surface area contributed by atoms with Crippen molar-refractivity contribution >= 4 is 29.7 Å². The van der Waals surface area contributed by atoms with Gasteiger partial charge in [0, 0.05) is 50.0 Å². The lowest BCUT2D eigenvalue weighted by atomic mass is 10.4. The molecule has 136 valence electrons. The van der Waals surface area contributed by atoms with Crippen LogP contribution < -0.4 is 10.6 Å². The standard InChI is InChI=1S/C16H17N7OS.ClH/c24-15(13-9-23-6-5-17-2-1-14(23)22-13)20-7-11-10-25-16(21-11)12-8-18-3-4-19-12;/h3-4,8-10,17H,1-2,5-7H2,(H,20,24);1H. The minimum atomic E-state index is -0.178. The first kappa shape index (κ1) is 18.4. The zero-order valence-electron chi connectivity index (χ0n) is 13.9. The molecule has 10 heteroatoms. The van der Waals surface area contributed by atoms with Gasteiger partial charge in [-0.05, 0) is 0 Å². The third kappa shape index (κ3) is 4.06. The van der Waals surface area contributed by atoms with Crippen LogP contribution in [0.4, 0.5) is 0 Å². The zero-order chi connectivity index (χ0) is 17.1. The number of aromatic nitrogens is 5. The number of hydrogen-bond donors (Lipinski definition) is 2. The summed E-state index contributed by atoms with van der Waals surface area (Å²) in [6, 6.07) is 0. The molecule has 0 aliphatic carbocycles. The molecule has 0 bridgehead atoms. The highest BCUT2D eigenvalue weighted by molar-refractivity contribution is 7.13. The monoisotopic (exact) mass is 391 g/mol. The van der Waals surface area contributed by atoms with Crippen LogP contribution in [0.15, 0.2) is 30.2 Å². The molecule has 1 aliphatic heterocycles. The summed E-state index contributed by atoms with van der Waals surface area (Å²) in [6.07, 6.45) is 7.59. The fraction of sp³-hybridized carbons (Fsp3) is 0.312. The Bertz CT molecular complexity index is 856. The summed E-state index contributed by atoms with van der Waals surface area (Å²) in [5.41, 5.74) is 1.99. The quantitative estimate of drug-likeness (QED) is 0.695. The van der Waals surface area contributed by atoms with Crippen molar-refractivity contribution in [2.75, 3.05) is 13.1 Å². The molecule has 0 saturated carbocycles. The second-order valence-electron chi connectivity index (χ2n) is 5.65. The molecule has 1 amide bonds. The van der Waals surface area contributed by atoms with Gasteiger partial charge in [-0.3, -0.25) is 14.8 Å². The normalized spacial score (nSPS) is 13.4. The van der Waals surface area contributed by atoms with Crippen LogP contribution in [0.3, 0.4) is 0 Å². The highest BCUT2D eigenvalue weighted by Gasteiger charge is 2.16. The first-order chi connectivity index (χ1) is 12.3. The number of rotatable bonds is 4. The Morgan fingerprint density at radius 3 is 3.08 bits per heavy atom. The van der Waals surface area contributed by atoms with E-state index in [-0.39, 0.29) is 18.3 Å². The molecule has 3 aromatic heterocycles. The number of amides is 1. The van der Waals surface area contributed by atoms with Crippen LogP contribution in [0.5, 0.6) is 0 Å². The predicted octanol–water partition coefficient (Wildman–Crippen LogP) is 1.29. The lowest BCUT2D eigenvalue weighted by molar-refractivity contribution is 0.0945. The molecule has 0 spiro atoms. The van der Waals surface area contributed by atoms with E-state index in [1.54, 1.807) is 18.6 Å². The Morgan fingerprint density at radius 2 is 2.23 bits per heavy atom. The molecule has 0 aromatic carbocycles. The average Bonchev–Trinajstić information content (AvgIpc) is 3.23. The number of carbonyl (C=O) groups excluding carboxylic acids is 1. The smallest absolute Gasteiger partial charge is 0.271 e. The van der Waals surface area contributed by atoms with Crippen LogP contribution in [0.2, 0.25) is 0 Å². The van der Waals surface area contributed by atoms with E-state index >= 15 is 0 Å². The average molecular weight is 392 g/mol. The van der Waals surface area contributed by atoms with Crippen LogP contribution in [0.1, 0.15) is 22.0 Å². The molecule has 1 aliphatic rings. The van der Waals surface area contributed by atoms with Crippen LogP contribution in [-0.2, 0) is 19.5 Å².